The lowest BCUT2D eigenvalue weighted by molar-refractivity contribution is 0.506. The fourth-order valence-corrected chi connectivity index (χ4v) is 0.868. The van der Waals surface area contributed by atoms with Gasteiger partial charge in [0.15, 0.2) is 5.22 Å². The maximum atomic E-state index is 10.8. The Morgan fingerprint density at radius 2 is 2.10 bits per heavy atom. The van der Waals surface area contributed by atoms with Gasteiger partial charge in [-0.05, 0) is 37.1 Å². The third-order valence-corrected chi connectivity index (χ3v) is 1.60. The molecule has 10 heavy (non-hydrogen) atoms. The number of hydrogen-bond acceptors (Lipinski definition) is 2. The van der Waals surface area contributed by atoms with Gasteiger partial charge in [-0.15, -0.1) is 0 Å². The van der Waals surface area contributed by atoms with Crippen LogP contribution in [-0.2, 0) is 0 Å². The summed E-state index contributed by atoms with van der Waals surface area (Å²) in [5.74, 6) is 0. The van der Waals surface area contributed by atoms with Gasteiger partial charge in [-0.1, -0.05) is 0 Å². The van der Waals surface area contributed by atoms with Crippen LogP contribution in [0.4, 0.5) is 0 Å². The first-order valence-corrected chi connectivity index (χ1v) is 3.26. The second kappa shape index (κ2) is 2.46. The van der Waals surface area contributed by atoms with Crippen molar-refractivity contribution < 1.29 is 4.42 Å². The van der Waals surface area contributed by atoms with Crippen molar-refractivity contribution in [2.45, 2.75) is 13.8 Å². The van der Waals surface area contributed by atoms with E-state index in [0.29, 0.717) is 5.56 Å². The van der Waals surface area contributed by atoms with Crippen LogP contribution in [0.25, 0.3) is 0 Å². The summed E-state index contributed by atoms with van der Waals surface area (Å²) in [4.78, 5) is 10.8. The van der Waals surface area contributed by atoms with Crippen molar-refractivity contribution in [2.24, 2.45) is 0 Å². The number of aryl methyl sites for hydroxylation is 1. The second-order valence-electron chi connectivity index (χ2n) is 2.15. The van der Waals surface area contributed by atoms with Gasteiger partial charge in [0.1, 0.15) is 0 Å². The Kier molecular flexibility index (Phi) is 1.81. The summed E-state index contributed by atoms with van der Waals surface area (Å²) in [6.07, 6.45) is 0. The minimum Gasteiger partial charge on any atom is -0.411 e. The summed E-state index contributed by atoms with van der Waals surface area (Å²) in [5, 5.41) is 0.146. The molecule has 0 saturated heterocycles. The van der Waals surface area contributed by atoms with Gasteiger partial charge in [0.2, 0.25) is 0 Å². The molecule has 0 unspecified atom stereocenters. The van der Waals surface area contributed by atoms with E-state index in [2.05, 4.69) is 4.42 Å². The fourth-order valence-electron chi connectivity index (χ4n) is 0.634. The standard InChI is InChI=1S/C7H7ClO2/c1-4-3-6(8)10-7(9)5(4)2/h3H,1-2H3. The molecule has 0 aromatic carbocycles. The molecule has 1 rings (SSSR count). The highest BCUT2D eigenvalue weighted by Crippen LogP contribution is 2.09. The monoisotopic (exact) mass is 158 g/mol. The van der Waals surface area contributed by atoms with E-state index in [9.17, 15) is 4.79 Å². The van der Waals surface area contributed by atoms with E-state index < -0.39 is 0 Å². The van der Waals surface area contributed by atoms with Gasteiger partial charge in [0, 0.05) is 5.56 Å². The molecule has 0 aliphatic heterocycles. The molecule has 0 atom stereocenters. The van der Waals surface area contributed by atoms with Crippen molar-refractivity contribution in [2.75, 3.05) is 0 Å². The Hall–Kier alpha value is -0.760. The van der Waals surface area contributed by atoms with Crippen molar-refractivity contribution in [3.05, 3.63) is 32.8 Å². The normalized spacial score (nSPS) is 9.90. The first-order chi connectivity index (χ1) is 4.61. The number of rotatable bonds is 0. The van der Waals surface area contributed by atoms with E-state index in [4.69, 9.17) is 11.6 Å². The summed E-state index contributed by atoms with van der Waals surface area (Å²) in [6.45, 7) is 3.52. The Balaban J connectivity index is 3.46. The summed E-state index contributed by atoms with van der Waals surface area (Å²) in [6, 6.07) is 1.62. The summed E-state index contributed by atoms with van der Waals surface area (Å²) in [7, 11) is 0. The Morgan fingerprint density at radius 3 is 2.60 bits per heavy atom. The third kappa shape index (κ3) is 1.21. The highest BCUT2D eigenvalue weighted by Gasteiger charge is 2.00. The first-order valence-electron chi connectivity index (χ1n) is 2.88. The van der Waals surface area contributed by atoms with Crippen LogP contribution in [0.1, 0.15) is 11.1 Å². The Labute approximate surface area is 63.4 Å². The zero-order valence-corrected chi connectivity index (χ0v) is 6.53. The van der Waals surface area contributed by atoms with Gasteiger partial charge in [0.05, 0.1) is 0 Å². The SMILES string of the molecule is Cc1cc(Cl)oc(=O)c1C. The summed E-state index contributed by atoms with van der Waals surface area (Å²) in [5.41, 5.74) is 1.12. The molecule has 3 heteroatoms. The van der Waals surface area contributed by atoms with Crippen molar-refractivity contribution in [1.82, 2.24) is 0 Å². The lowest BCUT2D eigenvalue weighted by Crippen LogP contribution is -2.04. The molecule has 0 saturated carbocycles. The molecule has 0 aliphatic carbocycles. The minimum absolute atomic E-state index is 0.146. The molecule has 0 N–H and O–H groups in total. The van der Waals surface area contributed by atoms with Crippen LogP contribution in [0.3, 0.4) is 0 Å². The van der Waals surface area contributed by atoms with Gasteiger partial charge in [-0.25, -0.2) is 4.79 Å². The zero-order chi connectivity index (χ0) is 7.72. The fraction of sp³-hybridized carbons (Fsp3) is 0.286. The molecular weight excluding hydrogens is 152 g/mol. The molecular formula is C7H7ClO2. The highest BCUT2D eigenvalue weighted by atomic mass is 35.5. The van der Waals surface area contributed by atoms with E-state index in [-0.39, 0.29) is 10.8 Å². The molecule has 0 amide bonds. The molecule has 2 nitrogen and oxygen atoms in total. The van der Waals surface area contributed by atoms with Crippen LogP contribution in [0.15, 0.2) is 15.3 Å². The quantitative estimate of drug-likeness (QED) is 0.578. The first kappa shape index (κ1) is 7.35. The van der Waals surface area contributed by atoms with Crippen LogP contribution < -0.4 is 5.63 Å². The van der Waals surface area contributed by atoms with Gasteiger partial charge < -0.3 is 4.42 Å². The highest BCUT2D eigenvalue weighted by molar-refractivity contribution is 6.28. The maximum Gasteiger partial charge on any atom is 0.340 e. The van der Waals surface area contributed by atoms with Crippen LogP contribution in [0.2, 0.25) is 5.22 Å². The van der Waals surface area contributed by atoms with Gasteiger partial charge in [-0.3, -0.25) is 0 Å². The Morgan fingerprint density at radius 1 is 1.50 bits per heavy atom. The predicted octanol–water partition coefficient (Wildman–Crippen LogP) is 1.91. The average molecular weight is 159 g/mol. The smallest absolute Gasteiger partial charge is 0.340 e. The van der Waals surface area contributed by atoms with Gasteiger partial charge >= 0.3 is 5.63 Å². The Bertz CT molecular complexity index is 301. The maximum absolute atomic E-state index is 10.8. The van der Waals surface area contributed by atoms with Crippen LogP contribution in [0, 0.1) is 13.8 Å². The zero-order valence-electron chi connectivity index (χ0n) is 5.77. The van der Waals surface area contributed by atoms with Crippen molar-refractivity contribution >= 4 is 11.6 Å². The van der Waals surface area contributed by atoms with E-state index in [1.54, 1.807) is 13.0 Å². The van der Waals surface area contributed by atoms with Crippen molar-refractivity contribution in [1.29, 1.82) is 0 Å². The van der Waals surface area contributed by atoms with Crippen LogP contribution >= 0.6 is 11.6 Å². The van der Waals surface area contributed by atoms with E-state index in [0.717, 1.165) is 5.56 Å². The lowest BCUT2D eigenvalue weighted by atomic mass is 10.2. The predicted molar refractivity (Wildman–Crippen MR) is 39.5 cm³/mol. The number of hydrogen-bond donors (Lipinski definition) is 0. The van der Waals surface area contributed by atoms with Gasteiger partial charge in [0.25, 0.3) is 0 Å². The second-order valence-corrected chi connectivity index (χ2v) is 2.52. The van der Waals surface area contributed by atoms with Crippen LogP contribution in [-0.4, -0.2) is 0 Å². The van der Waals surface area contributed by atoms with Crippen LogP contribution in [0.5, 0.6) is 0 Å². The average Bonchev–Trinajstić information content (AvgIpc) is 1.82. The van der Waals surface area contributed by atoms with E-state index >= 15 is 0 Å². The molecule has 54 valence electrons. The minimum atomic E-state index is -0.356. The molecule has 1 heterocycles. The van der Waals surface area contributed by atoms with Crippen molar-refractivity contribution in [3.8, 4) is 0 Å². The molecule has 1 aromatic heterocycles. The third-order valence-electron chi connectivity index (χ3n) is 1.42. The molecule has 0 aliphatic rings. The topological polar surface area (TPSA) is 30.2 Å². The molecule has 0 bridgehead atoms. The number of halogens is 1. The van der Waals surface area contributed by atoms with Gasteiger partial charge in [-0.2, -0.15) is 0 Å². The van der Waals surface area contributed by atoms with E-state index in [1.807, 2.05) is 6.92 Å². The molecule has 0 radical (unpaired) electrons. The largest absolute Gasteiger partial charge is 0.411 e. The molecule has 0 fully saturated rings. The summed E-state index contributed by atoms with van der Waals surface area (Å²) < 4.78 is 4.60. The molecule has 0 spiro atoms. The lowest BCUT2D eigenvalue weighted by Gasteiger charge is -1.95. The summed E-state index contributed by atoms with van der Waals surface area (Å²) >= 11 is 5.46. The van der Waals surface area contributed by atoms with Crippen molar-refractivity contribution in [3.63, 3.8) is 0 Å². The molecule has 1 aromatic rings. The van der Waals surface area contributed by atoms with E-state index in [1.165, 1.54) is 0 Å².